The summed E-state index contributed by atoms with van der Waals surface area (Å²) < 4.78 is 0. The molecule has 2 amide bonds. The van der Waals surface area contributed by atoms with Crippen molar-refractivity contribution in [2.24, 2.45) is 5.73 Å². The molecule has 2 unspecified atom stereocenters. The highest BCUT2D eigenvalue weighted by Crippen LogP contribution is 2.27. The third kappa shape index (κ3) is 3.96. The van der Waals surface area contributed by atoms with Crippen LogP contribution in [0.15, 0.2) is 29.2 Å². The maximum Gasteiger partial charge on any atom is 0.241 e. The van der Waals surface area contributed by atoms with E-state index in [2.05, 4.69) is 10.6 Å². The molecule has 0 spiro atoms. The summed E-state index contributed by atoms with van der Waals surface area (Å²) in [7, 11) is 0. The van der Waals surface area contributed by atoms with Crippen LogP contribution in [0.25, 0.3) is 0 Å². The summed E-state index contributed by atoms with van der Waals surface area (Å²) in [6, 6.07) is 6.84. The fraction of sp³-hybridized carbons (Fsp3) is 0.385. The van der Waals surface area contributed by atoms with Gasteiger partial charge in [0.05, 0.1) is 23.6 Å². The number of aliphatic hydroxyl groups is 1. The Morgan fingerprint density at radius 1 is 1.45 bits per heavy atom. The molecular formula is C13H17N3O3S. The number of aliphatic hydroxyl groups excluding tert-OH is 1. The van der Waals surface area contributed by atoms with Crippen LogP contribution >= 0.6 is 11.8 Å². The molecule has 108 valence electrons. The fourth-order valence-electron chi connectivity index (χ4n) is 1.98. The molecule has 1 fully saturated rings. The molecule has 6 nitrogen and oxygen atoms in total. The smallest absolute Gasteiger partial charge is 0.241 e. The molecule has 1 aromatic carbocycles. The maximum absolute atomic E-state index is 12.1. The lowest BCUT2D eigenvalue weighted by Crippen LogP contribution is -2.35. The number of hydrogen-bond acceptors (Lipinski definition) is 5. The van der Waals surface area contributed by atoms with Crippen molar-refractivity contribution >= 4 is 29.3 Å². The van der Waals surface area contributed by atoms with E-state index in [1.807, 2.05) is 12.1 Å². The molecule has 5 N–H and O–H groups in total. The summed E-state index contributed by atoms with van der Waals surface area (Å²) in [5.74, 6) is -0.432. The Kier molecular flexibility index (Phi) is 4.99. The van der Waals surface area contributed by atoms with Crippen molar-refractivity contribution < 1.29 is 14.7 Å². The van der Waals surface area contributed by atoms with Gasteiger partial charge in [-0.3, -0.25) is 9.59 Å². The summed E-state index contributed by atoms with van der Waals surface area (Å²) in [5, 5.41) is 15.2. The number of carbonyl (C=O) groups is 2. The number of thioether (sulfide) groups is 1. The number of carbonyl (C=O) groups excluding carboxylic acids is 2. The molecule has 1 aromatic rings. The number of rotatable bonds is 5. The number of anilines is 1. The Labute approximate surface area is 121 Å². The van der Waals surface area contributed by atoms with Crippen LogP contribution in [0.2, 0.25) is 0 Å². The largest absolute Gasteiger partial charge is 0.392 e. The normalized spacial score (nSPS) is 21.6. The van der Waals surface area contributed by atoms with E-state index in [-0.39, 0.29) is 17.7 Å². The maximum atomic E-state index is 12.1. The van der Waals surface area contributed by atoms with Gasteiger partial charge in [-0.15, -0.1) is 11.8 Å². The van der Waals surface area contributed by atoms with E-state index < -0.39 is 12.0 Å². The number of para-hydroxylation sites is 1. The van der Waals surface area contributed by atoms with Gasteiger partial charge >= 0.3 is 0 Å². The van der Waals surface area contributed by atoms with E-state index in [1.54, 1.807) is 12.1 Å². The van der Waals surface area contributed by atoms with Crippen molar-refractivity contribution in [2.45, 2.75) is 23.5 Å². The highest BCUT2D eigenvalue weighted by atomic mass is 32.2. The topological polar surface area (TPSA) is 104 Å². The predicted octanol–water partition coefficient (Wildman–Crippen LogP) is -0.0747. The van der Waals surface area contributed by atoms with Crippen molar-refractivity contribution in [1.29, 1.82) is 0 Å². The summed E-state index contributed by atoms with van der Waals surface area (Å²) in [4.78, 5) is 23.7. The quantitative estimate of drug-likeness (QED) is 0.569. The molecule has 1 heterocycles. The molecular weight excluding hydrogens is 278 g/mol. The summed E-state index contributed by atoms with van der Waals surface area (Å²) in [5.41, 5.74) is 5.77. The molecule has 7 heteroatoms. The number of nitrogens with one attached hydrogen (secondary N) is 2. The Morgan fingerprint density at radius 3 is 2.85 bits per heavy atom. The van der Waals surface area contributed by atoms with Crippen LogP contribution < -0.4 is 16.4 Å². The number of nitrogens with two attached hydrogens (primary N) is 1. The first kappa shape index (κ1) is 14.8. The number of amides is 2. The lowest BCUT2D eigenvalue weighted by molar-refractivity contribution is -0.118. The van der Waals surface area contributed by atoms with Crippen LogP contribution in [0.5, 0.6) is 0 Å². The predicted molar refractivity (Wildman–Crippen MR) is 77.4 cm³/mol. The van der Waals surface area contributed by atoms with Gasteiger partial charge in [-0.05, 0) is 18.6 Å². The zero-order valence-corrected chi connectivity index (χ0v) is 11.7. The second kappa shape index (κ2) is 6.74. The standard InChI is InChI=1S/C13H17N3O3S/c14-12(18)7-20-11-4-2-1-3-9(11)16-13(19)10-5-8(17)6-15-10/h1-4,8,10,15,17H,5-7H2,(H2,14,18)(H,16,19). The minimum absolute atomic E-state index is 0.160. The van der Waals surface area contributed by atoms with Gasteiger partial charge in [0, 0.05) is 11.4 Å². The van der Waals surface area contributed by atoms with Crippen LogP contribution in [0.3, 0.4) is 0 Å². The van der Waals surface area contributed by atoms with Gasteiger partial charge in [-0.1, -0.05) is 12.1 Å². The van der Waals surface area contributed by atoms with Gasteiger partial charge in [0.2, 0.25) is 11.8 Å². The molecule has 2 atom stereocenters. The Balaban J connectivity index is 2.01. The number of hydrogen-bond donors (Lipinski definition) is 4. The molecule has 0 aliphatic carbocycles. The zero-order chi connectivity index (χ0) is 14.5. The molecule has 0 bridgehead atoms. The highest BCUT2D eigenvalue weighted by molar-refractivity contribution is 8.00. The van der Waals surface area contributed by atoms with E-state index in [0.29, 0.717) is 18.7 Å². The zero-order valence-electron chi connectivity index (χ0n) is 10.8. The van der Waals surface area contributed by atoms with Crippen molar-refractivity contribution in [3.63, 3.8) is 0 Å². The minimum atomic E-state index is -0.481. The monoisotopic (exact) mass is 295 g/mol. The SMILES string of the molecule is NC(=O)CSc1ccccc1NC(=O)C1CC(O)CN1. The van der Waals surface area contributed by atoms with Crippen molar-refractivity contribution in [2.75, 3.05) is 17.6 Å². The Bertz CT molecular complexity index is 509. The fourth-order valence-corrected chi connectivity index (χ4v) is 2.73. The second-order valence-corrected chi connectivity index (χ2v) is 5.61. The Morgan fingerprint density at radius 2 is 2.20 bits per heavy atom. The molecule has 2 rings (SSSR count). The van der Waals surface area contributed by atoms with Crippen molar-refractivity contribution in [3.8, 4) is 0 Å². The summed E-state index contributed by atoms with van der Waals surface area (Å²) in [6.45, 7) is 0.427. The van der Waals surface area contributed by atoms with Crippen LogP contribution in [-0.2, 0) is 9.59 Å². The molecule has 0 saturated carbocycles. The number of primary amides is 1. The lowest BCUT2D eigenvalue weighted by atomic mass is 10.2. The van der Waals surface area contributed by atoms with Gasteiger partial charge in [-0.2, -0.15) is 0 Å². The minimum Gasteiger partial charge on any atom is -0.392 e. The first-order valence-electron chi connectivity index (χ1n) is 6.28. The van der Waals surface area contributed by atoms with E-state index >= 15 is 0 Å². The molecule has 1 saturated heterocycles. The van der Waals surface area contributed by atoms with Crippen LogP contribution in [0.4, 0.5) is 5.69 Å². The van der Waals surface area contributed by atoms with E-state index in [9.17, 15) is 14.7 Å². The van der Waals surface area contributed by atoms with E-state index in [4.69, 9.17) is 5.73 Å². The van der Waals surface area contributed by atoms with E-state index in [1.165, 1.54) is 11.8 Å². The van der Waals surface area contributed by atoms with Crippen LogP contribution in [0, 0.1) is 0 Å². The number of β-amino-alcohol motifs (C(OH)–C–C–N with tert-alkyl or cyclic N) is 1. The second-order valence-electron chi connectivity index (χ2n) is 4.59. The third-order valence-corrected chi connectivity index (χ3v) is 4.03. The summed E-state index contributed by atoms with van der Waals surface area (Å²) >= 11 is 1.28. The van der Waals surface area contributed by atoms with E-state index in [0.717, 1.165) is 4.90 Å². The molecule has 0 aromatic heterocycles. The van der Waals surface area contributed by atoms with Crippen molar-refractivity contribution in [1.82, 2.24) is 5.32 Å². The van der Waals surface area contributed by atoms with Gasteiger partial charge in [0.25, 0.3) is 0 Å². The lowest BCUT2D eigenvalue weighted by Gasteiger charge is -2.13. The van der Waals surface area contributed by atoms with Gasteiger partial charge in [0.15, 0.2) is 0 Å². The van der Waals surface area contributed by atoms with Crippen LogP contribution in [0.1, 0.15) is 6.42 Å². The average Bonchev–Trinajstić information content (AvgIpc) is 2.84. The third-order valence-electron chi connectivity index (χ3n) is 2.94. The highest BCUT2D eigenvalue weighted by Gasteiger charge is 2.28. The molecule has 20 heavy (non-hydrogen) atoms. The van der Waals surface area contributed by atoms with Gasteiger partial charge in [0.1, 0.15) is 0 Å². The van der Waals surface area contributed by atoms with Gasteiger partial charge < -0.3 is 21.5 Å². The molecule has 0 radical (unpaired) electrons. The molecule has 1 aliphatic rings. The van der Waals surface area contributed by atoms with Crippen molar-refractivity contribution in [3.05, 3.63) is 24.3 Å². The Hall–Kier alpha value is -1.57. The molecule has 1 aliphatic heterocycles. The summed E-state index contributed by atoms with van der Waals surface area (Å²) in [6.07, 6.45) is -0.0761. The first-order valence-corrected chi connectivity index (χ1v) is 7.27. The van der Waals surface area contributed by atoms with Gasteiger partial charge in [-0.25, -0.2) is 0 Å². The first-order chi connectivity index (χ1) is 9.56. The van der Waals surface area contributed by atoms with Crippen LogP contribution in [-0.4, -0.2) is 41.4 Å². The number of benzene rings is 1. The average molecular weight is 295 g/mol.